The predicted molar refractivity (Wildman–Crippen MR) is 66.7 cm³/mol. The van der Waals surface area contributed by atoms with Crippen LogP contribution in [0.25, 0.3) is 0 Å². The maximum absolute atomic E-state index is 5.59. The van der Waals surface area contributed by atoms with Crippen LogP contribution >= 0.6 is 12.6 Å². The van der Waals surface area contributed by atoms with Crippen molar-refractivity contribution in [3.8, 4) is 0 Å². The summed E-state index contributed by atoms with van der Waals surface area (Å²) in [4.78, 5) is 0. The van der Waals surface area contributed by atoms with Gasteiger partial charge in [-0.3, -0.25) is 0 Å². The summed E-state index contributed by atoms with van der Waals surface area (Å²) >= 11 is 4.20. The Morgan fingerprint density at radius 1 is 0.933 bits per heavy atom. The van der Waals surface area contributed by atoms with Crippen LogP contribution in [0.4, 0.5) is 0 Å². The highest BCUT2D eigenvalue weighted by Gasteiger charge is 2.17. The molecule has 0 aromatic carbocycles. The van der Waals surface area contributed by atoms with Crippen molar-refractivity contribution in [2.75, 3.05) is 25.6 Å². The molecular weight excluding hydrogens is 208 g/mol. The molecular formula is C12H24O2S. The maximum Gasteiger partial charge on any atom is 0.104 e. The average molecular weight is 232 g/mol. The van der Waals surface area contributed by atoms with Crippen LogP contribution < -0.4 is 0 Å². The summed E-state index contributed by atoms with van der Waals surface area (Å²) < 4.78 is 10.6. The Balaban J connectivity index is 1.66. The molecule has 0 amide bonds. The summed E-state index contributed by atoms with van der Waals surface area (Å²) in [7, 11) is 0. The average Bonchev–Trinajstić information content (AvgIpc) is 2.18. The molecule has 0 aliphatic carbocycles. The normalized spacial score (nSPS) is 16.6. The van der Waals surface area contributed by atoms with E-state index < -0.39 is 0 Å². The first kappa shape index (κ1) is 13.3. The Labute approximate surface area is 99.1 Å². The van der Waals surface area contributed by atoms with Gasteiger partial charge in [-0.25, -0.2) is 0 Å². The summed E-state index contributed by atoms with van der Waals surface area (Å²) in [5.74, 6) is 1.04. The first-order chi connectivity index (χ1) is 7.43. The van der Waals surface area contributed by atoms with Gasteiger partial charge in [0.2, 0.25) is 0 Å². The van der Waals surface area contributed by atoms with Crippen molar-refractivity contribution >= 4 is 12.6 Å². The minimum atomic E-state index is 0.403. The zero-order valence-electron chi connectivity index (χ0n) is 9.62. The van der Waals surface area contributed by atoms with Crippen molar-refractivity contribution in [1.29, 1.82) is 0 Å². The van der Waals surface area contributed by atoms with Gasteiger partial charge in [0.15, 0.2) is 0 Å². The van der Waals surface area contributed by atoms with Crippen LogP contribution in [0.3, 0.4) is 0 Å². The number of hydrogen-bond donors (Lipinski definition) is 1. The molecule has 90 valence electrons. The molecule has 0 N–H and O–H groups in total. The molecule has 0 radical (unpaired) electrons. The number of hydrogen-bond acceptors (Lipinski definition) is 3. The molecule has 0 bridgehead atoms. The molecule has 1 fully saturated rings. The van der Waals surface area contributed by atoms with E-state index >= 15 is 0 Å². The van der Waals surface area contributed by atoms with Crippen molar-refractivity contribution in [1.82, 2.24) is 0 Å². The van der Waals surface area contributed by atoms with Crippen LogP contribution in [0.1, 0.15) is 44.9 Å². The highest BCUT2D eigenvalue weighted by atomic mass is 32.1. The standard InChI is InChI=1S/C12H24O2S/c15-9-7-5-3-1-2-4-6-8-14-12-10-13-11-12/h12,15H,1-11H2. The van der Waals surface area contributed by atoms with E-state index in [0.29, 0.717) is 6.10 Å². The van der Waals surface area contributed by atoms with Gasteiger partial charge in [0.25, 0.3) is 0 Å². The Hall–Kier alpha value is 0.270. The smallest absolute Gasteiger partial charge is 0.104 e. The van der Waals surface area contributed by atoms with Crippen molar-refractivity contribution in [3.63, 3.8) is 0 Å². The van der Waals surface area contributed by atoms with Crippen LogP contribution in [-0.4, -0.2) is 31.7 Å². The number of ether oxygens (including phenoxy) is 2. The van der Waals surface area contributed by atoms with Gasteiger partial charge in [0.1, 0.15) is 6.10 Å². The molecule has 0 saturated carbocycles. The van der Waals surface area contributed by atoms with Crippen molar-refractivity contribution < 1.29 is 9.47 Å². The van der Waals surface area contributed by atoms with E-state index in [1.807, 2.05) is 0 Å². The van der Waals surface area contributed by atoms with Crippen LogP contribution in [0.2, 0.25) is 0 Å². The highest BCUT2D eigenvalue weighted by molar-refractivity contribution is 7.80. The third-order valence-corrected chi connectivity index (χ3v) is 3.08. The van der Waals surface area contributed by atoms with Crippen molar-refractivity contribution in [2.24, 2.45) is 0 Å². The second-order valence-corrected chi connectivity index (χ2v) is 4.68. The molecule has 3 heteroatoms. The Morgan fingerprint density at radius 3 is 2.07 bits per heavy atom. The third kappa shape index (κ3) is 7.20. The van der Waals surface area contributed by atoms with E-state index in [9.17, 15) is 0 Å². The largest absolute Gasteiger partial charge is 0.376 e. The zero-order chi connectivity index (χ0) is 10.8. The maximum atomic E-state index is 5.59. The minimum Gasteiger partial charge on any atom is -0.376 e. The fourth-order valence-corrected chi connectivity index (χ4v) is 1.88. The SMILES string of the molecule is SCCCCCCCCCOC1COC1. The lowest BCUT2D eigenvalue weighted by atomic mass is 10.1. The van der Waals surface area contributed by atoms with Gasteiger partial charge in [-0.05, 0) is 18.6 Å². The molecule has 0 spiro atoms. The second kappa shape index (κ2) is 9.49. The fraction of sp³-hybridized carbons (Fsp3) is 1.00. The summed E-state index contributed by atoms with van der Waals surface area (Å²) in [6.07, 6.45) is 9.65. The molecule has 1 aliphatic heterocycles. The summed E-state index contributed by atoms with van der Waals surface area (Å²) in [5.41, 5.74) is 0. The lowest BCUT2D eigenvalue weighted by molar-refractivity contribution is -0.129. The van der Waals surface area contributed by atoms with Gasteiger partial charge in [-0.15, -0.1) is 0 Å². The topological polar surface area (TPSA) is 18.5 Å². The molecule has 0 atom stereocenters. The van der Waals surface area contributed by atoms with Crippen LogP contribution in [-0.2, 0) is 9.47 Å². The lowest BCUT2D eigenvalue weighted by Gasteiger charge is -2.25. The number of thiol groups is 1. The predicted octanol–water partition coefficient (Wildman–Crippen LogP) is 3.06. The van der Waals surface area contributed by atoms with Crippen LogP contribution in [0.5, 0.6) is 0 Å². The molecule has 1 rings (SSSR count). The Morgan fingerprint density at radius 2 is 1.53 bits per heavy atom. The van der Waals surface area contributed by atoms with Gasteiger partial charge in [-0.2, -0.15) is 12.6 Å². The van der Waals surface area contributed by atoms with Crippen molar-refractivity contribution in [3.05, 3.63) is 0 Å². The molecule has 1 aliphatic rings. The third-order valence-electron chi connectivity index (χ3n) is 2.76. The van der Waals surface area contributed by atoms with E-state index in [0.717, 1.165) is 25.6 Å². The van der Waals surface area contributed by atoms with Crippen LogP contribution in [0.15, 0.2) is 0 Å². The number of unbranched alkanes of at least 4 members (excludes halogenated alkanes) is 6. The van der Waals surface area contributed by atoms with E-state index in [-0.39, 0.29) is 0 Å². The first-order valence-corrected chi connectivity index (χ1v) is 6.87. The quantitative estimate of drug-likeness (QED) is 0.461. The molecule has 2 nitrogen and oxygen atoms in total. The molecule has 0 unspecified atom stereocenters. The number of rotatable bonds is 10. The van der Waals surface area contributed by atoms with Crippen molar-refractivity contribution in [2.45, 2.75) is 51.0 Å². The van der Waals surface area contributed by atoms with Gasteiger partial charge < -0.3 is 9.47 Å². The van der Waals surface area contributed by atoms with Gasteiger partial charge in [-0.1, -0.05) is 32.1 Å². The molecule has 0 aromatic heterocycles. The Bertz CT molecular complexity index is 138. The van der Waals surface area contributed by atoms with Gasteiger partial charge >= 0.3 is 0 Å². The van der Waals surface area contributed by atoms with Gasteiger partial charge in [0, 0.05) is 6.61 Å². The Kier molecular flexibility index (Phi) is 8.44. The summed E-state index contributed by atoms with van der Waals surface area (Å²) in [6.45, 7) is 2.54. The fourth-order valence-electron chi connectivity index (χ4n) is 1.66. The minimum absolute atomic E-state index is 0.403. The van der Waals surface area contributed by atoms with Crippen LogP contribution in [0, 0.1) is 0 Å². The molecule has 0 aromatic rings. The molecule has 1 heterocycles. The summed E-state index contributed by atoms with van der Waals surface area (Å²) in [5, 5.41) is 0. The van der Waals surface area contributed by atoms with Gasteiger partial charge in [0.05, 0.1) is 13.2 Å². The lowest BCUT2D eigenvalue weighted by Crippen LogP contribution is -2.36. The summed E-state index contributed by atoms with van der Waals surface area (Å²) in [6, 6.07) is 0. The van der Waals surface area contributed by atoms with E-state index in [4.69, 9.17) is 9.47 Å². The zero-order valence-corrected chi connectivity index (χ0v) is 10.5. The van der Waals surface area contributed by atoms with E-state index in [1.54, 1.807) is 0 Å². The highest BCUT2D eigenvalue weighted by Crippen LogP contribution is 2.09. The molecule has 15 heavy (non-hydrogen) atoms. The second-order valence-electron chi connectivity index (χ2n) is 4.23. The van der Waals surface area contributed by atoms with E-state index in [2.05, 4.69) is 12.6 Å². The monoisotopic (exact) mass is 232 g/mol. The first-order valence-electron chi connectivity index (χ1n) is 6.23. The molecule has 1 saturated heterocycles. The van der Waals surface area contributed by atoms with E-state index in [1.165, 1.54) is 44.9 Å².